The summed E-state index contributed by atoms with van der Waals surface area (Å²) >= 11 is 9.51. The molecule has 4 heteroatoms. The van der Waals surface area contributed by atoms with Crippen molar-refractivity contribution in [2.45, 2.75) is 32.3 Å². The van der Waals surface area contributed by atoms with Crippen molar-refractivity contribution in [1.82, 2.24) is 0 Å². The zero-order valence-corrected chi connectivity index (χ0v) is 12.8. The molecular weight excluding hydrogens is 314 g/mol. The fourth-order valence-electron chi connectivity index (χ4n) is 3.03. The van der Waals surface area contributed by atoms with Crippen molar-refractivity contribution >= 4 is 27.5 Å². The summed E-state index contributed by atoms with van der Waals surface area (Å²) in [6.07, 6.45) is 2.53. The normalized spacial score (nSPS) is 29.5. The number of nitrogens with two attached hydrogens (primary N) is 1. The molecule has 3 atom stereocenters. The third-order valence-corrected chi connectivity index (χ3v) is 5.09. The Morgan fingerprint density at radius 1 is 1.61 bits per heavy atom. The van der Waals surface area contributed by atoms with E-state index in [9.17, 15) is 5.11 Å². The van der Waals surface area contributed by atoms with Crippen LogP contribution in [0.5, 0.6) is 0 Å². The van der Waals surface area contributed by atoms with Crippen molar-refractivity contribution in [3.8, 4) is 0 Å². The molecule has 0 aromatic heterocycles. The van der Waals surface area contributed by atoms with Gasteiger partial charge in [-0.15, -0.1) is 0 Å². The average Bonchev–Trinajstić information content (AvgIpc) is 2.74. The van der Waals surface area contributed by atoms with E-state index in [0.717, 1.165) is 29.3 Å². The first kappa shape index (κ1) is 14.3. The average molecular weight is 333 g/mol. The van der Waals surface area contributed by atoms with Gasteiger partial charge in [-0.05, 0) is 42.5 Å². The number of aliphatic hydroxyl groups excluding tert-OH is 1. The van der Waals surface area contributed by atoms with Gasteiger partial charge in [-0.1, -0.05) is 40.9 Å². The second kappa shape index (κ2) is 5.49. The number of benzene rings is 1. The topological polar surface area (TPSA) is 46.2 Å². The van der Waals surface area contributed by atoms with Gasteiger partial charge in [0.2, 0.25) is 0 Å². The Balaban J connectivity index is 2.34. The molecule has 0 spiro atoms. The Kier molecular flexibility index (Phi) is 4.37. The first-order chi connectivity index (χ1) is 8.48. The van der Waals surface area contributed by atoms with Crippen molar-refractivity contribution in [3.05, 3.63) is 33.3 Å². The molecule has 18 heavy (non-hydrogen) atoms. The Morgan fingerprint density at radius 3 is 2.89 bits per heavy atom. The van der Waals surface area contributed by atoms with E-state index in [4.69, 9.17) is 17.3 Å². The van der Waals surface area contributed by atoms with E-state index in [1.54, 1.807) is 0 Å². The van der Waals surface area contributed by atoms with Crippen LogP contribution in [-0.4, -0.2) is 11.7 Å². The summed E-state index contributed by atoms with van der Waals surface area (Å²) < 4.78 is 0.895. The van der Waals surface area contributed by atoms with Gasteiger partial charge in [0.15, 0.2) is 0 Å². The van der Waals surface area contributed by atoms with Crippen LogP contribution in [0.2, 0.25) is 5.02 Å². The lowest BCUT2D eigenvalue weighted by Gasteiger charge is -2.34. The number of halogens is 2. The molecule has 1 aliphatic carbocycles. The number of rotatable bonds is 3. The molecule has 0 amide bonds. The van der Waals surface area contributed by atoms with Crippen molar-refractivity contribution in [3.63, 3.8) is 0 Å². The zero-order valence-electron chi connectivity index (χ0n) is 10.5. The van der Waals surface area contributed by atoms with E-state index in [1.165, 1.54) is 0 Å². The molecule has 0 aliphatic heterocycles. The Labute approximate surface area is 122 Å². The lowest BCUT2D eigenvalue weighted by atomic mass is 9.77. The standard InChI is InChI=1S/C14H19BrClNO/c1-9-4-5-14(7-9,8-17)13(18)11-6-10(16)2-3-12(11)15/h2-3,6,9,13,18H,4-5,7-8,17H2,1H3. The van der Waals surface area contributed by atoms with E-state index in [0.29, 0.717) is 17.5 Å². The van der Waals surface area contributed by atoms with Gasteiger partial charge in [-0.2, -0.15) is 0 Å². The van der Waals surface area contributed by atoms with Crippen LogP contribution < -0.4 is 5.73 Å². The highest BCUT2D eigenvalue weighted by molar-refractivity contribution is 9.10. The summed E-state index contributed by atoms with van der Waals surface area (Å²) in [6, 6.07) is 5.52. The summed E-state index contributed by atoms with van der Waals surface area (Å²) in [6.45, 7) is 2.73. The number of hydrogen-bond donors (Lipinski definition) is 2. The fourth-order valence-corrected chi connectivity index (χ4v) is 3.68. The SMILES string of the molecule is CC1CCC(CN)(C(O)c2cc(Cl)ccc2Br)C1. The second-order valence-electron chi connectivity index (χ2n) is 5.48. The third kappa shape index (κ3) is 2.60. The van der Waals surface area contributed by atoms with Crippen LogP contribution in [0.4, 0.5) is 0 Å². The van der Waals surface area contributed by atoms with E-state index in [1.807, 2.05) is 18.2 Å². The van der Waals surface area contributed by atoms with Gasteiger partial charge in [0.1, 0.15) is 0 Å². The largest absolute Gasteiger partial charge is 0.388 e. The quantitative estimate of drug-likeness (QED) is 0.882. The van der Waals surface area contributed by atoms with E-state index in [-0.39, 0.29) is 5.41 Å². The monoisotopic (exact) mass is 331 g/mol. The fraction of sp³-hybridized carbons (Fsp3) is 0.571. The van der Waals surface area contributed by atoms with Gasteiger partial charge >= 0.3 is 0 Å². The first-order valence-corrected chi connectivity index (χ1v) is 7.49. The Hall–Kier alpha value is -0.0900. The smallest absolute Gasteiger partial charge is 0.0869 e. The maximum atomic E-state index is 10.7. The molecule has 1 saturated carbocycles. The van der Waals surface area contributed by atoms with Gasteiger partial charge in [-0.3, -0.25) is 0 Å². The van der Waals surface area contributed by atoms with Crippen LogP contribution >= 0.6 is 27.5 Å². The predicted molar refractivity (Wildman–Crippen MR) is 78.6 cm³/mol. The molecule has 0 bridgehead atoms. The van der Waals surface area contributed by atoms with Crippen LogP contribution in [0.15, 0.2) is 22.7 Å². The molecule has 2 rings (SSSR count). The van der Waals surface area contributed by atoms with Crippen molar-refractivity contribution < 1.29 is 5.11 Å². The van der Waals surface area contributed by atoms with Gasteiger partial charge in [0, 0.05) is 21.5 Å². The number of aliphatic hydroxyl groups is 1. The second-order valence-corrected chi connectivity index (χ2v) is 6.77. The van der Waals surface area contributed by atoms with Gasteiger partial charge in [0.25, 0.3) is 0 Å². The molecule has 1 aromatic rings. The molecule has 0 heterocycles. The molecule has 2 nitrogen and oxygen atoms in total. The molecule has 1 aliphatic rings. The van der Waals surface area contributed by atoms with Crippen molar-refractivity contribution in [1.29, 1.82) is 0 Å². The van der Waals surface area contributed by atoms with Crippen LogP contribution in [0.3, 0.4) is 0 Å². The van der Waals surface area contributed by atoms with E-state index >= 15 is 0 Å². The Bertz CT molecular complexity index is 440. The predicted octanol–water partition coefficient (Wildman–Crippen LogP) is 3.90. The van der Waals surface area contributed by atoms with Crippen LogP contribution in [-0.2, 0) is 0 Å². The highest BCUT2D eigenvalue weighted by Gasteiger charge is 2.43. The summed E-state index contributed by atoms with van der Waals surface area (Å²) in [5.41, 5.74) is 6.60. The molecule has 1 aromatic carbocycles. The summed E-state index contributed by atoms with van der Waals surface area (Å²) in [5.74, 6) is 0.626. The van der Waals surface area contributed by atoms with Crippen LogP contribution in [0, 0.1) is 11.3 Å². The summed E-state index contributed by atoms with van der Waals surface area (Å²) in [5, 5.41) is 11.4. The molecule has 3 unspecified atom stereocenters. The van der Waals surface area contributed by atoms with Crippen molar-refractivity contribution in [2.24, 2.45) is 17.1 Å². The number of hydrogen-bond acceptors (Lipinski definition) is 2. The van der Waals surface area contributed by atoms with Crippen molar-refractivity contribution in [2.75, 3.05) is 6.54 Å². The minimum absolute atomic E-state index is 0.202. The summed E-state index contributed by atoms with van der Waals surface area (Å²) in [4.78, 5) is 0. The highest BCUT2D eigenvalue weighted by Crippen LogP contribution is 2.50. The Morgan fingerprint density at radius 2 is 2.33 bits per heavy atom. The maximum Gasteiger partial charge on any atom is 0.0869 e. The molecule has 0 radical (unpaired) electrons. The van der Waals surface area contributed by atoms with Gasteiger partial charge in [-0.25, -0.2) is 0 Å². The van der Waals surface area contributed by atoms with Crippen LogP contribution in [0.25, 0.3) is 0 Å². The van der Waals surface area contributed by atoms with E-state index in [2.05, 4.69) is 22.9 Å². The van der Waals surface area contributed by atoms with Gasteiger partial charge < -0.3 is 10.8 Å². The molecule has 100 valence electrons. The maximum absolute atomic E-state index is 10.7. The lowest BCUT2D eigenvalue weighted by molar-refractivity contribution is 0.0302. The summed E-state index contributed by atoms with van der Waals surface area (Å²) in [7, 11) is 0. The minimum atomic E-state index is -0.555. The van der Waals surface area contributed by atoms with Crippen LogP contribution in [0.1, 0.15) is 37.9 Å². The van der Waals surface area contributed by atoms with E-state index < -0.39 is 6.10 Å². The molecular formula is C14H19BrClNO. The third-order valence-electron chi connectivity index (χ3n) is 4.13. The molecule has 3 N–H and O–H groups in total. The first-order valence-electron chi connectivity index (χ1n) is 6.31. The molecule has 1 fully saturated rings. The highest BCUT2D eigenvalue weighted by atomic mass is 79.9. The van der Waals surface area contributed by atoms with Gasteiger partial charge in [0.05, 0.1) is 6.10 Å². The molecule has 0 saturated heterocycles. The minimum Gasteiger partial charge on any atom is -0.388 e. The zero-order chi connectivity index (χ0) is 13.3. The lowest BCUT2D eigenvalue weighted by Crippen LogP contribution is -2.34.